The van der Waals surface area contributed by atoms with Gasteiger partial charge in [0, 0.05) is 0 Å². The SMILES string of the molecule is C=CC1CCC(CC)CC1.CCCC. The Bertz CT molecular complexity index is 116. The number of hydrogen-bond donors (Lipinski definition) is 0. The third-order valence-corrected chi connectivity index (χ3v) is 3.30. The van der Waals surface area contributed by atoms with Crippen LogP contribution in [0.3, 0.4) is 0 Å². The Morgan fingerprint density at radius 3 is 1.79 bits per heavy atom. The summed E-state index contributed by atoms with van der Waals surface area (Å²) in [5.41, 5.74) is 0. The Hall–Kier alpha value is -0.260. The first-order valence-corrected chi connectivity index (χ1v) is 6.40. The summed E-state index contributed by atoms with van der Waals surface area (Å²) >= 11 is 0. The third kappa shape index (κ3) is 6.23. The lowest BCUT2D eigenvalue weighted by atomic mass is 9.81. The van der Waals surface area contributed by atoms with Crippen molar-refractivity contribution in [2.24, 2.45) is 11.8 Å². The maximum absolute atomic E-state index is 3.84. The molecule has 0 aliphatic heterocycles. The molecule has 0 amide bonds. The first kappa shape index (κ1) is 13.7. The molecule has 1 saturated carbocycles. The van der Waals surface area contributed by atoms with E-state index in [2.05, 4.69) is 33.4 Å². The lowest BCUT2D eigenvalue weighted by molar-refractivity contribution is 0.304. The van der Waals surface area contributed by atoms with Crippen LogP contribution in [0.15, 0.2) is 12.7 Å². The minimum absolute atomic E-state index is 0.836. The van der Waals surface area contributed by atoms with Crippen molar-refractivity contribution in [3.63, 3.8) is 0 Å². The average Bonchev–Trinajstić information content (AvgIpc) is 2.29. The van der Waals surface area contributed by atoms with E-state index in [9.17, 15) is 0 Å². The summed E-state index contributed by atoms with van der Waals surface area (Å²) < 4.78 is 0. The average molecular weight is 196 g/mol. The fraction of sp³-hybridized carbons (Fsp3) is 0.857. The smallest absolute Gasteiger partial charge is 0.0236 e. The molecule has 1 aliphatic carbocycles. The first-order chi connectivity index (χ1) is 6.78. The van der Waals surface area contributed by atoms with Gasteiger partial charge in [0.05, 0.1) is 0 Å². The molecule has 1 rings (SSSR count). The van der Waals surface area contributed by atoms with Gasteiger partial charge in [-0.2, -0.15) is 0 Å². The normalized spacial score (nSPS) is 26.2. The molecular weight excluding hydrogens is 168 g/mol. The van der Waals surface area contributed by atoms with Gasteiger partial charge < -0.3 is 0 Å². The molecule has 0 spiro atoms. The summed E-state index contributed by atoms with van der Waals surface area (Å²) in [6.07, 6.45) is 11.8. The maximum Gasteiger partial charge on any atom is -0.0236 e. The van der Waals surface area contributed by atoms with Crippen molar-refractivity contribution in [2.45, 2.75) is 65.7 Å². The van der Waals surface area contributed by atoms with Gasteiger partial charge in [0.2, 0.25) is 0 Å². The highest BCUT2D eigenvalue weighted by Gasteiger charge is 2.16. The molecule has 14 heavy (non-hydrogen) atoms. The summed E-state index contributed by atoms with van der Waals surface area (Å²) in [5, 5.41) is 0. The van der Waals surface area contributed by atoms with E-state index in [0.717, 1.165) is 11.8 Å². The molecule has 0 aromatic heterocycles. The van der Waals surface area contributed by atoms with Crippen LogP contribution in [0.4, 0.5) is 0 Å². The summed E-state index contributed by atoms with van der Waals surface area (Å²) in [4.78, 5) is 0. The molecule has 0 heteroatoms. The highest BCUT2D eigenvalue weighted by atomic mass is 14.2. The van der Waals surface area contributed by atoms with Crippen LogP contribution >= 0.6 is 0 Å². The number of hydrogen-bond acceptors (Lipinski definition) is 0. The van der Waals surface area contributed by atoms with Gasteiger partial charge in [-0.05, 0) is 37.5 Å². The van der Waals surface area contributed by atoms with Crippen molar-refractivity contribution in [2.75, 3.05) is 0 Å². The van der Waals surface area contributed by atoms with Gasteiger partial charge in [-0.1, -0.05) is 46.1 Å². The molecule has 0 saturated heterocycles. The monoisotopic (exact) mass is 196 g/mol. The van der Waals surface area contributed by atoms with E-state index in [0.29, 0.717) is 0 Å². The second kappa shape index (κ2) is 9.30. The van der Waals surface area contributed by atoms with Crippen molar-refractivity contribution < 1.29 is 0 Å². The molecule has 0 nitrogen and oxygen atoms in total. The third-order valence-electron chi connectivity index (χ3n) is 3.30. The van der Waals surface area contributed by atoms with Crippen LogP contribution < -0.4 is 0 Å². The maximum atomic E-state index is 3.84. The molecule has 1 aliphatic rings. The Morgan fingerprint density at radius 2 is 1.50 bits per heavy atom. The van der Waals surface area contributed by atoms with E-state index >= 15 is 0 Å². The molecule has 0 heterocycles. The van der Waals surface area contributed by atoms with Crippen molar-refractivity contribution >= 4 is 0 Å². The van der Waals surface area contributed by atoms with E-state index in [1.165, 1.54) is 44.9 Å². The van der Waals surface area contributed by atoms with E-state index in [4.69, 9.17) is 0 Å². The van der Waals surface area contributed by atoms with Crippen LogP contribution in [-0.2, 0) is 0 Å². The molecule has 0 aromatic carbocycles. The van der Waals surface area contributed by atoms with E-state index in [1.807, 2.05) is 0 Å². The number of unbranched alkanes of at least 4 members (excludes halogenated alkanes) is 1. The minimum Gasteiger partial charge on any atom is -0.103 e. The fourth-order valence-corrected chi connectivity index (χ4v) is 1.83. The Labute approximate surface area is 90.8 Å². The topological polar surface area (TPSA) is 0 Å². The molecular formula is C14H28. The van der Waals surface area contributed by atoms with Crippen molar-refractivity contribution in [3.8, 4) is 0 Å². The van der Waals surface area contributed by atoms with E-state index in [-0.39, 0.29) is 0 Å². The predicted octanol–water partition coefficient (Wildman–Crippen LogP) is 5.20. The molecule has 1 fully saturated rings. The quantitative estimate of drug-likeness (QED) is 0.545. The predicted molar refractivity (Wildman–Crippen MR) is 66.5 cm³/mol. The largest absolute Gasteiger partial charge is 0.103 e. The van der Waals surface area contributed by atoms with Crippen molar-refractivity contribution in [1.29, 1.82) is 0 Å². The molecule has 0 radical (unpaired) electrons. The van der Waals surface area contributed by atoms with Crippen molar-refractivity contribution in [1.82, 2.24) is 0 Å². The van der Waals surface area contributed by atoms with Gasteiger partial charge in [-0.15, -0.1) is 6.58 Å². The van der Waals surface area contributed by atoms with Crippen LogP contribution in [0.5, 0.6) is 0 Å². The second-order valence-electron chi connectivity index (χ2n) is 4.42. The molecule has 84 valence electrons. The van der Waals surface area contributed by atoms with Gasteiger partial charge in [-0.3, -0.25) is 0 Å². The molecule has 0 bridgehead atoms. The van der Waals surface area contributed by atoms with Gasteiger partial charge in [0.25, 0.3) is 0 Å². The second-order valence-corrected chi connectivity index (χ2v) is 4.42. The summed E-state index contributed by atoms with van der Waals surface area (Å²) in [6, 6.07) is 0. The summed E-state index contributed by atoms with van der Waals surface area (Å²) in [6.45, 7) is 10.5. The standard InChI is InChI=1S/C10H18.C4H10/c1-3-9-5-7-10(4-2)8-6-9;1-3-4-2/h3,9-10H,1,4-8H2,2H3;3-4H2,1-2H3. The first-order valence-electron chi connectivity index (χ1n) is 6.40. The van der Waals surface area contributed by atoms with E-state index in [1.54, 1.807) is 0 Å². The molecule has 0 N–H and O–H groups in total. The Morgan fingerprint density at radius 1 is 1.00 bits per heavy atom. The zero-order chi connectivity index (χ0) is 10.8. The van der Waals surface area contributed by atoms with Gasteiger partial charge >= 0.3 is 0 Å². The lowest BCUT2D eigenvalue weighted by Gasteiger charge is -2.25. The van der Waals surface area contributed by atoms with Crippen LogP contribution in [0.1, 0.15) is 65.7 Å². The van der Waals surface area contributed by atoms with Gasteiger partial charge in [-0.25, -0.2) is 0 Å². The lowest BCUT2D eigenvalue weighted by Crippen LogP contribution is -2.11. The summed E-state index contributed by atoms with van der Waals surface area (Å²) in [7, 11) is 0. The Kier molecular flexibility index (Phi) is 9.13. The number of rotatable bonds is 3. The molecule has 0 atom stereocenters. The van der Waals surface area contributed by atoms with E-state index < -0.39 is 0 Å². The Balaban J connectivity index is 0.000000364. The zero-order valence-electron chi connectivity index (χ0n) is 10.4. The molecule has 0 aromatic rings. The molecule has 0 unspecified atom stereocenters. The van der Waals surface area contributed by atoms with Crippen LogP contribution in [0.2, 0.25) is 0 Å². The number of allylic oxidation sites excluding steroid dienone is 1. The van der Waals surface area contributed by atoms with Crippen LogP contribution in [0, 0.1) is 11.8 Å². The summed E-state index contributed by atoms with van der Waals surface area (Å²) in [5.74, 6) is 1.86. The van der Waals surface area contributed by atoms with Gasteiger partial charge in [0.15, 0.2) is 0 Å². The highest BCUT2D eigenvalue weighted by molar-refractivity contribution is 4.83. The van der Waals surface area contributed by atoms with Crippen LogP contribution in [0.25, 0.3) is 0 Å². The minimum atomic E-state index is 0.836. The van der Waals surface area contributed by atoms with Crippen LogP contribution in [-0.4, -0.2) is 0 Å². The van der Waals surface area contributed by atoms with Gasteiger partial charge in [0.1, 0.15) is 0 Å². The fourth-order valence-electron chi connectivity index (χ4n) is 1.83. The van der Waals surface area contributed by atoms with Crippen molar-refractivity contribution in [3.05, 3.63) is 12.7 Å². The highest BCUT2D eigenvalue weighted by Crippen LogP contribution is 2.30. The zero-order valence-corrected chi connectivity index (χ0v) is 10.4.